The first-order valence-electron chi connectivity index (χ1n) is 8.17. The van der Waals surface area contributed by atoms with Crippen molar-refractivity contribution in [1.29, 1.82) is 0 Å². The van der Waals surface area contributed by atoms with Gasteiger partial charge in [0.15, 0.2) is 0 Å². The zero-order valence-electron chi connectivity index (χ0n) is 14.1. The van der Waals surface area contributed by atoms with Crippen LogP contribution in [0.25, 0.3) is 0 Å². The van der Waals surface area contributed by atoms with E-state index in [0.29, 0.717) is 35.3 Å². The number of ether oxygens (including phenoxy) is 1. The number of para-hydroxylation sites is 2. The van der Waals surface area contributed by atoms with Crippen LogP contribution in [0.15, 0.2) is 36.4 Å². The van der Waals surface area contributed by atoms with Gasteiger partial charge in [0.2, 0.25) is 11.8 Å². The van der Waals surface area contributed by atoms with Crippen molar-refractivity contribution >= 4 is 58.0 Å². The Morgan fingerprint density at radius 1 is 1.07 bits per heavy atom. The van der Waals surface area contributed by atoms with E-state index in [0.717, 1.165) is 0 Å². The van der Waals surface area contributed by atoms with E-state index in [2.05, 4.69) is 10.9 Å². The van der Waals surface area contributed by atoms with Crippen molar-refractivity contribution in [2.24, 2.45) is 0 Å². The topological polar surface area (TPSA) is 70.7 Å². The Bertz CT molecular complexity index is 853. The van der Waals surface area contributed by atoms with E-state index in [1.54, 1.807) is 4.90 Å². The summed E-state index contributed by atoms with van der Waals surface area (Å²) in [7, 11) is 0. The minimum absolute atomic E-state index is 0.00812. The number of hydrazine groups is 1. The van der Waals surface area contributed by atoms with Crippen LogP contribution in [0.1, 0.15) is 12.8 Å². The minimum Gasteiger partial charge on any atom is -0.490 e. The second-order valence-electron chi connectivity index (χ2n) is 5.78. The summed E-state index contributed by atoms with van der Waals surface area (Å²) >= 11 is 17.9. The van der Waals surface area contributed by atoms with Crippen LogP contribution in [0.3, 0.4) is 0 Å². The highest BCUT2D eigenvalue weighted by molar-refractivity contribution is 6.41. The van der Waals surface area contributed by atoms with Gasteiger partial charge in [-0.25, -0.2) is 0 Å². The number of nitrogens with zero attached hydrogens (tertiary/aromatic N) is 1. The summed E-state index contributed by atoms with van der Waals surface area (Å²) in [6.45, 7) is 0.871. The van der Waals surface area contributed by atoms with E-state index in [1.807, 2.05) is 24.3 Å². The quantitative estimate of drug-likeness (QED) is 0.697. The molecule has 0 unspecified atom stereocenters. The summed E-state index contributed by atoms with van der Waals surface area (Å²) in [5.74, 6) is 0.144. The maximum atomic E-state index is 12.5. The summed E-state index contributed by atoms with van der Waals surface area (Å²) in [6, 6.07) is 10.3. The standard InChI is InChI=1S/C18H16Cl3N3O3/c19-11-9-12(20)18(13(21)10-11)23-22-16(25)5-6-17(26)24-7-8-27-15-4-2-1-3-14(15)24/h1-4,9-10,23H,5-8H2,(H,22,25). The molecule has 2 aromatic rings. The second kappa shape index (κ2) is 8.69. The van der Waals surface area contributed by atoms with Gasteiger partial charge in [0.25, 0.3) is 0 Å². The summed E-state index contributed by atoms with van der Waals surface area (Å²) in [5, 5.41) is 0.931. The lowest BCUT2D eigenvalue weighted by Crippen LogP contribution is -2.38. The molecule has 142 valence electrons. The van der Waals surface area contributed by atoms with Gasteiger partial charge in [0.1, 0.15) is 12.4 Å². The van der Waals surface area contributed by atoms with Crippen LogP contribution in [0.4, 0.5) is 11.4 Å². The van der Waals surface area contributed by atoms with E-state index in [1.165, 1.54) is 12.1 Å². The van der Waals surface area contributed by atoms with Gasteiger partial charge in [-0.2, -0.15) is 0 Å². The molecule has 0 saturated carbocycles. The van der Waals surface area contributed by atoms with Crippen molar-refractivity contribution in [3.63, 3.8) is 0 Å². The van der Waals surface area contributed by atoms with Crippen molar-refractivity contribution in [3.05, 3.63) is 51.5 Å². The molecule has 0 spiro atoms. The third-order valence-electron chi connectivity index (χ3n) is 3.93. The largest absolute Gasteiger partial charge is 0.490 e. The van der Waals surface area contributed by atoms with Gasteiger partial charge in [-0.05, 0) is 24.3 Å². The number of hydrogen-bond donors (Lipinski definition) is 2. The normalized spacial score (nSPS) is 12.8. The van der Waals surface area contributed by atoms with Gasteiger partial charge in [-0.3, -0.25) is 20.4 Å². The van der Waals surface area contributed by atoms with E-state index < -0.39 is 0 Å². The monoisotopic (exact) mass is 427 g/mol. The second-order valence-corrected chi connectivity index (χ2v) is 7.03. The maximum absolute atomic E-state index is 12.5. The predicted molar refractivity (Wildman–Crippen MR) is 107 cm³/mol. The van der Waals surface area contributed by atoms with Crippen LogP contribution in [-0.2, 0) is 9.59 Å². The van der Waals surface area contributed by atoms with Crippen LogP contribution < -0.4 is 20.5 Å². The molecule has 0 saturated heterocycles. The van der Waals surface area contributed by atoms with Crippen LogP contribution in [0, 0.1) is 0 Å². The van der Waals surface area contributed by atoms with Gasteiger partial charge >= 0.3 is 0 Å². The number of amides is 2. The lowest BCUT2D eigenvalue weighted by Gasteiger charge is -2.29. The summed E-state index contributed by atoms with van der Waals surface area (Å²) < 4.78 is 5.53. The zero-order valence-corrected chi connectivity index (χ0v) is 16.4. The number of benzene rings is 2. The number of halogens is 3. The maximum Gasteiger partial charge on any atom is 0.238 e. The Morgan fingerprint density at radius 3 is 2.52 bits per heavy atom. The average molecular weight is 429 g/mol. The molecule has 2 N–H and O–H groups in total. The number of carbonyl (C=O) groups excluding carboxylic acids is 2. The van der Waals surface area contributed by atoms with E-state index in [9.17, 15) is 9.59 Å². The first kappa shape index (κ1) is 19.6. The molecule has 9 heteroatoms. The van der Waals surface area contributed by atoms with Gasteiger partial charge in [-0.15, -0.1) is 0 Å². The zero-order chi connectivity index (χ0) is 19.4. The highest BCUT2D eigenvalue weighted by Crippen LogP contribution is 2.33. The molecule has 27 heavy (non-hydrogen) atoms. The molecule has 0 bridgehead atoms. The fourth-order valence-electron chi connectivity index (χ4n) is 2.64. The number of fused-ring (bicyclic) bond motifs is 1. The van der Waals surface area contributed by atoms with Crippen LogP contribution >= 0.6 is 34.8 Å². The molecule has 2 amide bonds. The number of rotatable bonds is 5. The fourth-order valence-corrected chi connectivity index (χ4v) is 3.55. The molecule has 0 radical (unpaired) electrons. The average Bonchev–Trinajstić information content (AvgIpc) is 2.64. The molecular formula is C18H16Cl3N3O3. The first-order valence-corrected chi connectivity index (χ1v) is 9.30. The summed E-state index contributed by atoms with van der Waals surface area (Å²) in [5.41, 5.74) is 6.19. The Morgan fingerprint density at radius 2 is 1.78 bits per heavy atom. The third kappa shape index (κ3) is 4.77. The number of carbonyl (C=O) groups is 2. The molecule has 0 atom stereocenters. The smallest absolute Gasteiger partial charge is 0.238 e. The fraction of sp³-hybridized carbons (Fsp3) is 0.222. The molecule has 1 aliphatic heterocycles. The Kier molecular flexibility index (Phi) is 6.31. The Balaban J connectivity index is 1.54. The molecular weight excluding hydrogens is 413 g/mol. The lowest BCUT2D eigenvalue weighted by atomic mass is 10.2. The lowest BCUT2D eigenvalue weighted by molar-refractivity contribution is -0.125. The minimum atomic E-state index is -0.369. The Hall–Kier alpha value is -2.15. The molecule has 0 fully saturated rings. The first-order chi connectivity index (χ1) is 13.0. The van der Waals surface area contributed by atoms with E-state index in [-0.39, 0.29) is 34.7 Å². The molecule has 0 aromatic heterocycles. The summed E-state index contributed by atoms with van der Waals surface area (Å²) in [6.07, 6.45) is 0.0676. The van der Waals surface area contributed by atoms with E-state index in [4.69, 9.17) is 39.5 Å². The highest BCUT2D eigenvalue weighted by atomic mass is 35.5. The van der Waals surface area contributed by atoms with Gasteiger partial charge < -0.3 is 9.64 Å². The SMILES string of the molecule is O=C(CCC(=O)N1CCOc2ccccc21)NNc1c(Cl)cc(Cl)cc1Cl. The predicted octanol–water partition coefficient (Wildman–Crippen LogP) is 4.30. The van der Waals surface area contributed by atoms with Gasteiger partial charge in [0, 0.05) is 17.9 Å². The molecule has 6 nitrogen and oxygen atoms in total. The van der Waals surface area contributed by atoms with Crippen molar-refractivity contribution < 1.29 is 14.3 Å². The van der Waals surface area contributed by atoms with Crippen LogP contribution in [-0.4, -0.2) is 25.0 Å². The summed E-state index contributed by atoms with van der Waals surface area (Å²) in [4.78, 5) is 26.2. The van der Waals surface area contributed by atoms with Crippen molar-refractivity contribution in [2.45, 2.75) is 12.8 Å². The van der Waals surface area contributed by atoms with Crippen molar-refractivity contribution in [3.8, 4) is 5.75 Å². The molecule has 2 aromatic carbocycles. The highest BCUT2D eigenvalue weighted by Gasteiger charge is 2.23. The molecule has 1 aliphatic rings. The van der Waals surface area contributed by atoms with E-state index >= 15 is 0 Å². The number of hydrogen-bond acceptors (Lipinski definition) is 4. The van der Waals surface area contributed by atoms with Crippen LogP contribution in [0.2, 0.25) is 15.1 Å². The van der Waals surface area contributed by atoms with Crippen LogP contribution in [0.5, 0.6) is 5.75 Å². The van der Waals surface area contributed by atoms with Gasteiger partial charge in [-0.1, -0.05) is 46.9 Å². The van der Waals surface area contributed by atoms with Crippen molar-refractivity contribution in [2.75, 3.05) is 23.5 Å². The number of nitrogens with one attached hydrogen (secondary N) is 2. The number of anilines is 2. The molecule has 0 aliphatic carbocycles. The molecule has 1 heterocycles. The van der Waals surface area contributed by atoms with Crippen molar-refractivity contribution in [1.82, 2.24) is 5.43 Å². The molecule has 3 rings (SSSR count). The van der Waals surface area contributed by atoms with Gasteiger partial charge in [0.05, 0.1) is 28.0 Å². The Labute approximate surface area is 171 Å². The third-order valence-corrected chi connectivity index (χ3v) is 4.74.